The van der Waals surface area contributed by atoms with E-state index in [4.69, 9.17) is 4.74 Å². The summed E-state index contributed by atoms with van der Waals surface area (Å²) in [4.78, 5) is 26.6. The van der Waals surface area contributed by atoms with Crippen molar-refractivity contribution in [3.8, 4) is 0 Å². The molecule has 0 fully saturated rings. The van der Waals surface area contributed by atoms with Crippen molar-refractivity contribution in [2.75, 3.05) is 17.6 Å². The quantitative estimate of drug-likeness (QED) is 0.734. The summed E-state index contributed by atoms with van der Waals surface area (Å²) < 4.78 is 32.6. The second-order valence-corrected chi connectivity index (χ2v) is 9.93. The normalized spacial score (nSPS) is 18.6. The Morgan fingerprint density at radius 3 is 2.50 bits per heavy atom. The minimum atomic E-state index is -3.63. The number of rotatable bonds is 4. The molecule has 1 N–H and O–H groups in total. The average Bonchev–Trinajstić information content (AvgIpc) is 2.66. The zero-order valence-corrected chi connectivity index (χ0v) is 18.2. The Bertz CT molecular complexity index is 1050. The number of hydrogen-bond acceptors (Lipinski definition) is 6. The van der Waals surface area contributed by atoms with Crippen LogP contribution in [0, 0.1) is 0 Å². The third-order valence-corrected chi connectivity index (χ3v) is 5.90. The Morgan fingerprint density at radius 1 is 1.20 bits per heavy atom. The fourth-order valence-corrected chi connectivity index (χ4v) is 3.94. The molecule has 8 nitrogen and oxygen atoms in total. The zero-order valence-electron chi connectivity index (χ0n) is 17.4. The molecule has 0 bridgehead atoms. The molecule has 0 unspecified atom stereocenters. The molecule has 0 aromatic heterocycles. The number of anilines is 1. The molecule has 30 heavy (non-hydrogen) atoms. The SMILES string of the molecule is C[C@H](OC(=O)C1=CC=CN2CCS(=O)(=O)N=C12)C(=O)Nc1ccc(C(C)(C)C)cc1. The van der Waals surface area contributed by atoms with Crippen LogP contribution < -0.4 is 5.32 Å². The van der Waals surface area contributed by atoms with Gasteiger partial charge in [-0.3, -0.25) is 4.79 Å². The second-order valence-electron chi connectivity index (χ2n) is 8.18. The smallest absolute Gasteiger partial charge is 0.342 e. The Balaban J connectivity index is 1.66. The van der Waals surface area contributed by atoms with E-state index in [1.807, 2.05) is 12.1 Å². The lowest BCUT2D eigenvalue weighted by atomic mass is 9.87. The van der Waals surface area contributed by atoms with Crippen molar-refractivity contribution in [3.63, 3.8) is 0 Å². The molecule has 2 aliphatic rings. The van der Waals surface area contributed by atoms with Gasteiger partial charge >= 0.3 is 5.97 Å². The van der Waals surface area contributed by atoms with Gasteiger partial charge in [-0.25, -0.2) is 13.2 Å². The van der Waals surface area contributed by atoms with Gasteiger partial charge in [-0.1, -0.05) is 32.9 Å². The maximum Gasteiger partial charge on any atom is 0.342 e. The van der Waals surface area contributed by atoms with Gasteiger partial charge in [-0.15, -0.1) is 4.40 Å². The lowest BCUT2D eigenvalue weighted by Gasteiger charge is -2.28. The Morgan fingerprint density at radius 2 is 1.87 bits per heavy atom. The Labute approximate surface area is 176 Å². The van der Waals surface area contributed by atoms with Crippen LogP contribution >= 0.6 is 0 Å². The molecule has 1 amide bonds. The molecule has 0 saturated carbocycles. The predicted molar refractivity (Wildman–Crippen MR) is 114 cm³/mol. The first-order chi connectivity index (χ1) is 14.0. The third-order valence-electron chi connectivity index (χ3n) is 4.75. The highest BCUT2D eigenvalue weighted by molar-refractivity contribution is 7.90. The van der Waals surface area contributed by atoms with Crippen molar-refractivity contribution in [3.05, 3.63) is 53.8 Å². The first kappa shape index (κ1) is 21.8. The van der Waals surface area contributed by atoms with E-state index in [1.165, 1.54) is 13.0 Å². The van der Waals surface area contributed by atoms with Gasteiger partial charge in [0.1, 0.15) is 5.57 Å². The van der Waals surface area contributed by atoms with Crippen LogP contribution in [0.4, 0.5) is 5.69 Å². The number of benzene rings is 1. The van der Waals surface area contributed by atoms with E-state index in [0.29, 0.717) is 5.69 Å². The van der Waals surface area contributed by atoms with Crippen LogP contribution in [-0.4, -0.2) is 49.4 Å². The number of amides is 1. The first-order valence-electron chi connectivity index (χ1n) is 9.57. The summed E-state index contributed by atoms with van der Waals surface area (Å²) in [5, 5.41) is 2.71. The number of carbonyl (C=O) groups excluding carboxylic acids is 2. The number of esters is 1. The van der Waals surface area contributed by atoms with Crippen LogP contribution in [0.15, 0.2) is 52.6 Å². The maximum atomic E-state index is 12.6. The molecular formula is C21H25N3O5S. The summed E-state index contributed by atoms with van der Waals surface area (Å²) in [6, 6.07) is 7.45. The van der Waals surface area contributed by atoms with Gasteiger partial charge in [-0.05, 0) is 42.2 Å². The van der Waals surface area contributed by atoms with Gasteiger partial charge in [0, 0.05) is 18.4 Å². The summed E-state index contributed by atoms with van der Waals surface area (Å²) >= 11 is 0. The molecular weight excluding hydrogens is 406 g/mol. The average molecular weight is 432 g/mol. The predicted octanol–water partition coefficient (Wildman–Crippen LogP) is 2.35. The summed E-state index contributed by atoms with van der Waals surface area (Å²) in [7, 11) is -3.63. The lowest BCUT2D eigenvalue weighted by molar-refractivity contribution is -0.148. The van der Waals surface area contributed by atoms with Gasteiger partial charge in [0.2, 0.25) is 0 Å². The monoisotopic (exact) mass is 431 g/mol. The summed E-state index contributed by atoms with van der Waals surface area (Å²) in [5.74, 6) is -1.42. The molecule has 0 radical (unpaired) electrons. The minimum absolute atomic E-state index is 0.00325. The van der Waals surface area contributed by atoms with E-state index in [2.05, 4.69) is 30.5 Å². The number of amidine groups is 1. The van der Waals surface area contributed by atoms with Crippen LogP contribution in [0.3, 0.4) is 0 Å². The largest absolute Gasteiger partial charge is 0.449 e. The lowest BCUT2D eigenvalue weighted by Crippen LogP contribution is -2.41. The highest BCUT2D eigenvalue weighted by Gasteiger charge is 2.32. The van der Waals surface area contributed by atoms with E-state index >= 15 is 0 Å². The van der Waals surface area contributed by atoms with Crippen molar-refractivity contribution in [2.24, 2.45) is 4.40 Å². The number of allylic oxidation sites excluding steroid dienone is 2. The number of carbonyl (C=O) groups is 2. The Hall–Kier alpha value is -2.94. The molecule has 0 spiro atoms. The van der Waals surface area contributed by atoms with Crippen molar-refractivity contribution in [1.82, 2.24) is 4.90 Å². The van der Waals surface area contributed by atoms with Crippen LogP contribution in [0.2, 0.25) is 0 Å². The van der Waals surface area contributed by atoms with Crippen LogP contribution in [-0.2, 0) is 29.8 Å². The molecule has 2 aliphatic heterocycles. The van der Waals surface area contributed by atoms with Crippen molar-refractivity contribution < 1.29 is 22.7 Å². The number of nitrogens with zero attached hydrogens (tertiary/aromatic N) is 2. The highest BCUT2D eigenvalue weighted by Crippen LogP contribution is 2.24. The summed E-state index contributed by atoms with van der Waals surface area (Å²) in [5.41, 5.74) is 1.71. The minimum Gasteiger partial charge on any atom is -0.449 e. The number of hydrogen-bond donors (Lipinski definition) is 1. The molecule has 0 saturated heterocycles. The van der Waals surface area contributed by atoms with Gasteiger partial charge in [0.15, 0.2) is 11.9 Å². The number of ether oxygens (including phenoxy) is 1. The van der Waals surface area contributed by atoms with E-state index < -0.39 is 28.0 Å². The zero-order chi connectivity index (χ0) is 22.1. The fourth-order valence-electron chi connectivity index (χ4n) is 2.95. The van der Waals surface area contributed by atoms with E-state index in [-0.39, 0.29) is 29.1 Å². The summed E-state index contributed by atoms with van der Waals surface area (Å²) in [6.45, 7) is 7.94. The van der Waals surface area contributed by atoms with Gasteiger partial charge in [0.25, 0.3) is 15.9 Å². The van der Waals surface area contributed by atoms with Gasteiger partial charge in [-0.2, -0.15) is 0 Å². The van der Waals surface area contributed by atoms with Crippen molar-refractivity contribution in [2.45, 2.75) is 39.2 Å². The van der Waals surface area contributed by atoms with Crippen LogP contribution in [0.25, 0.3) is 0 Å². The van der Waals surface area contributed by atoms with Crippen molar-refractivity contribution >= 4 is 33.4 Å². The molecule has 160 valence electrons. The highest BCUT2D eigenvalue weighted by atomic mass is 32.2. The molecule has 0 aliphatic carbocycles. The van der Waals surface area contributed by atoms with Crippen LogP contribution in [0.1, 0.15) is 33.3 Å². The van der Waals surface area contributed by atoms with E-state index in [9.17, 15) is 18.0 Å². The molecule has 1 aromatic rings. The molecule has 2 heterocycles. The number of nitrogens with one attached hydrogen (secondary N) is 1. The molecule has 1 aromatic carbocycles. The Kier molecular flexibility index (Phi) is 5.85. The standard InChI is InChI=1S/C21H25N3O5S/c1-14(19(25)22-16-9-7-15(8-10-16)21(2,3)4)29-20(26)17-6-5-11-24-12-13-30(27,28)23-18(17)24/h5-11,14H,12-13H2,1-4H3,(H,22,25)/t14-/m0/s1. The molecule has 1 atom stereocenters. The second kappa shape index (κ2) is 8.06. The van der Waals surface area contributed by atoms with Gasteiger partial charge < -0.3 is 15.0 Å². The maximum absolute atomic E-state index is 12.6. The third kappa shape index (κ3) is 4.96. The van der Waals surface area contributed by atoms with E-state index in [1.54, 1.807) is 29.3 Å². The first-order valence-corrected chi connectivity index (χ1v) is 11.2. The number of fused-ring (bicyclic) bond motifs is 1. The summed E-state index contributed by atoms with van der Waals surface area (Å²) in [6.07, 6.45) is 3.59. The topological polar surface area (TPSA) is 105 Å². The van der Waals surface area contributed by atoms with Crippen LogP contribution in [0.5, 0.6) is 0 Å². The molecule has 3 rings (SSSR count). The van der Waals surface area contributed by atoms with Gasteiger partial charge in [0.05, 0.1) is 5.75 Å². The molecule has 9 heteroatoms. The fraction of sp³-hybridized carbons (Fsp3) is 0.381. The number of sulfonamides is 1. The van der Waals surface area contributed by atoms with Crippen molar-refractivity contribution in [1.29, 1.82) is 0 Å². The van der Waals surface area contributed by atoms with E-state index in [0.717, 1.165) is 5.56 Å².